The number of nitrogens with one attached hydrogen (secondary N) is 1. The third-order valence-electron chi connectivity index (χ3n) is 2.53. The van der Waals surface area contributed by atoms with Gasteiger partial charge in [-0.25, -0.2) is 13.1 Å². The van der Waals surface area contributed by atoms with E-state index in [0.29, 0.717) is 12.2 Å². The van der Waals surface area contributed by atoms with Crippen LogP contribution in [0.25, 0.3) is 0 Å². The summed E-state index contributed by atoms with van der Waals surface area (Å²) >= 11 is 10.8. The Morgan fingerprint density at radius 2 is 2.20 bits per heavy atom. The average molecular weight is 337 g/mol. The summed E-state index contributed by atoms with van der Waals surface area (Å²) < 4.78 is 31.9. The van der Waals surface area contributed by atoms with Crippen molar-refractivity contribution in [1.82, 2.24) is 4.72 Å². The molecule has 0 aromatic heterocycles. The van der Waals surface area contributed by atoms with Crippen LogP contribution in [0, 0.1) is 0 Å². The van der Waals surface area contributed by atoms with Gasteiger partial charge in [-0.15, -0.1) is 0 Å². The van der Waals surface area contributed by atoms with Gasteiger partial charge in [-0.05, 0) is 32.0 Å². The van der Waals surface area contributed by atoms with Crippen LogP contribution in [0.1, 0.15) is 19.4 Å². The smallest absolute Gasteiger partial charge is 0.240 e. The number of halogens is 1. The number of hydrogen-bond donors (Lipinski definition) is 2. The first-order valence-electron chi connectivity index (χ1n) is 5.98. The first kappa shape index (κ1) is 17.3. The zero-order valence-corrected chi connectivity index (χ0v) is 13.6. The molecule has 0 aliphatic rings. The monoisotopic (exact) mass is 336 g/mol. The average Bonchev–Trinajstić information content (AvgIpc) is 2.36. The van der Waals surface area contributed by atoms with Crippen molar-refractivity contribution >= 4 is 38.8 Å². The Morgan fingerprint density at radius 1 is 1.55 bits per heavy atom. The zero-order chi connectivity index (χ0) is 15.3. The van der Waals surface area contributed by atoms with Gasteiger partial charge in [-0.2, -0.15) is 0 Å². The molecule has 0 amide bonds. The van der Waals surface area contributed by atoms with E-state index in [9.17, 15) is 8.42 Å². The topological polar surface area (TPSA) is 81.4 Å². The van der Waals surface area contributed by atoms with Crippen molar-refractivity contribution in [1.29, 1.82) is 0 Å². The minimum Gasteiger partial charge on any atom is -0.389 e. The lowest BCUT2D eigenvalue weighted by molar-refractivity contribution is 0.0799. The number of hydrogen-bond acceptors (Lipinski definition) is 4. The summed E-state index contributed by atoms with van der Waals surface area (Å²) in [7, 11) is -3.64. The fourth-order valence-corrected chi connectivity index (χ4v) is 3.24. The molecule has 5 nitrogen and oxygen atoms in total. The zero-order valence-electron chi connectivity index (χ0n) is 11.2. The van der Waals surface area contributed by atoms with E-state index in [-0.39, 0.29) is 27.6 Å². The predicted molar refractivity (Wildman–Crippen MR) is 83.6 cm³/mol. The third-order valence-corrected chi connectivity index (χ3v) is 4.48. The van der Waals surface area contributed by atoms with Crippen LogP contribution >= 0.6 is 23.8 Å². The molecule has 112 valence electrons. The van der Waals surface area contributed by atoms with E-state index in [4.69, 9.17) is 34.3 Å². The van der Waals surface area contributed by atoms with Crippen molar-refractivity contribution in [3.8, 4) is 0 Å². The van der Waals surface area contributed by atoms with Crippen LogP contribution < -0.4 is 10.5 Å². The van der Waals surface area contributed by atoms with E-state index in [1.165, 1.54) is 18.2 Å². The maximum Gasteiger partial charge on any atom is 0.240 e. The summed E-state index contributed by atoms with van der Waals surface area (Å²) in [5, 5.41) is 0.207. The van der Waals surface area contributed by atoms with Crippen molar-refractivity contribution in [2.75, 3.05) is 13.2 Å². The molecule has 0 spiro atoms. The second kappa shape index (κ2) is 7.33. The van der Waals surface area contributed by atoms with Gasteiger partial charge in [-0.1, -0.05) is 23.8 Å². The summed E-state index contributed by atoms with van der Waals surface area (Å²) in [5.41, 5.74) is 5.92. The third kappa shape index (κ3) is 4.68. The molecular formula is C12H17ClN2O3S2. The van der Waals surface area contributed by atoms with Gasteiger partial charge in [0.25, 0.3) is 0 Å². The van der Waals surface area contributed by atoms with Gasteiger partial charge in [0.05, 0.1) is 16.0 Å². The van der Waals surface area contributed by atoms with Crippen molar-refractivity contribution < 1.29 is 13.2 Å². The van der Waals surface area contributed by atoms with Crippen LogP contribution in [0.3, 0.4) is 0 Å². The van der Waals surface area contributed by atoms with Crippen LogP contribution in [0.4, 0.5) is 0 Å². The van der Waals surface area contributed by atoms with Crippen LogP contribution in [0.15, 0.2) is 23.1 Å². The second-order valence-electron chi connectivity index (χ2n) is 4.12. The molecule has 1 aromatic rings. The minimum absolute atomic E-state index is 0.0613. The van der Waals surface area contributed by atoms with Gasteiger partial charge in [0, 0.05) is 18.7 Å². The van der Waals surface area contributed by atoms with E-state index in [1.807, 2.05) is 6.92 Å². The quantitative estimate of drug-likeness (QED) is 0.740. The molecule has 0 aliphatic carbocycles. The van der Waals surface area contributed by atoms with Crippen molar-refractivity contribution in [2.45, 2.75) is 24.8 Å². The Hall–Kier alpha value is -0.730. The summed E-state index contributed by atoms with van der Waals surface area (Å²) in [6, 6.07) is 4.23. The number of sulfonamides is 1. The lowest BCUT2D eigenvalue weighted by atomic mass is 10.2. The van der Waals surface area contributed by atoms with Crippen LogP contribution in [-0.4, -0.2) is 32.7 Å². The molecule has 1 aromatic carbocycles. The molecular weight excluding hydrogens is 320 g/mol. The van der Waals surface area contributed by atoms with Gasteiger partial charge >= 0.3 is 0 Å². The summed E-state index contributed by atoms with van der Waals surface area (Å²) in [5.74, 6) is 0. The Kier molecular flexibility index (Phi) is 6.35. The summed E-state index contributed by atoms with van der Waals surface area (Å²) in [6.45, 7) is 4.34. The molecule has 0 fully saturated rings. The number of ether oxygens (including phenoxy) is 1. The molecule has 0 saturated heterocycles. The molecule has 0 aliphatic heterocycles. The van der Waals surface area contributed by atoms with Crippen LogP contribution in [-0.2, 0) is 14.8 Å². The minimum atomic E-state index is -3.64. The normalized spacial score (nSPS) is 13.2. The van der Waals surface area contributed by atoms with E-state index >= 15 is 0 Å². The highest BCUT2D eigenvalue weighted by Crippen LogP contribution is 2.20. The largest absolute Gasteiger partial charge is 0.389 e. The molecule has 0 saturated carbocycles. The van der Waals surface area contributed by atoms with Crippen molar-refractivity contribution in [3.63, 3.8) is 0 Å². The van der Waals surface area contributed by atoms with Crippen molar-refractivity contribution in [3.05, 3.63) is 28.8 Å². The highest BCUT2D eigenvalue weighted by atomic mass is 35.5. The number of benzene rings is 1. The van der Waals surface area contributed by atoms with Gasteiger partial charge in [0.15, 0.2) is 0 Å². The SMILES string of the molecule is CCOC(C)CNS(=O)(=O)c1ccc(C(N)=S)c(Cl)c1. The maximum absolute atomic E-state index is 12.1. The van der Waals surface area contributed by atoms with Gasteiger partial charge in [0.1, 0.15) is 4.99 Å². The summed E-state index contributed by atoms with van der Waals surface area (Å²) in [4.78, 5) is 0.183. The van der Waals surface area contributed by atoms with E-state index < -0.39 is 10.0 Å². The first-order valence-corrected chi connectivity index (χ1v) is 8.25. The molecule has 1 unspecified atom stereocenters. The Morgan fingerprint density at radius 3 is 2.70 bits per heavy atom. The second-order valence-corrected chi connectivity index (χ2v) is 6.74. The molecule has 0 radical (unpaired) electrons. The number of rotatable bonds is 7. The predicted octanol–water partition coefficient (Wildman–Crippen LogP) is 1.68. The Labute approximate surface area is 129 Å². The lowest BCUT2D eigenvalue weighted by Gasteiger charge is -2.13. The molecule has 1 atom stereocenters. The van der Waals surface area contributed by atoms with E-state index in [1.54, 1.807) is 6.92 Å². The fourth-order valence-electron chi connectivity index (χ4n) is 1.52. The van der Waals surface area contributed by atoms with Gasteiger partial charge in [-0.3, -0.25) is 0 Å². The van der Waals surface area contributed by atoms with Crippen molar-refractivity contribution in [2.24, 2.45) is 5.73 Å². The van der Waals surface area contributed by atoms with Gasteiger partial charge in [0.2, 0.25) is 10.0 Å². The van der Waals surface area contributed by atoms with Gasteiger partial charge < -0.3 is 10.5 Å². The number of thiocarbonyl (C=S) groups is 1. The molecule has 0 bridgehead atoms. The van der Waals surface area contributed by atoms with E-state index in [0.717, 1.165) is 0 Å². The molecule has 0 heterocycles. The Balaban J connectivity index is 2.88. The molecule has 3 N–H and O–H groups in total. The van der Waals surface area contributed by atoms with E-state index in [2.05, 4.69) is 4.72 Å². The summed E-state index contributed by atoms with van der Waals surface area (Å²) in [6.07, 6.45) is -0.207. The molecule has 20 heavy (non-hydrogen) atoms. The fraction of sp³-hybridized carbons (Fsp3) is 0.417. The molecule has 1 rings (SSSR count). The Bertz CT molecular complexity index is 590. The number of nitrogens with two attached hydrogens (primary N) is 1. The highest BCUT2D eigenvalue weighted by molar-refractivity contribution is 7.89. The lowest BCUT2D eigenvalue weighted by Crippen LogP contribution is -2.32. The first-order chi connectivity index (χ1) is 9.27. The maximum atomic E-state index is 12.1. The molecule has 8 heteroatoms. The standard InChI is InChI=1S/C12H17ClN2O3S2/c1-3-18-8(2)7-15-20(16,17)9-4-5-10(12(14)19)11(13)6-9/h4-6,8,15H,3,7H2,1-2H3,(H2,14,19). The van der Waals surface area contributed by atoms with Crippen LogP contribution in [0.5, 0.6) is 0 Å². The highest BCUT2D eigenvalue weighted by Gasteiger charge is 2.17. The van der Waals surface area contributed by atoms with Crippen LogP contribution in [0.2, 0.25) is 5.02 Å².